The van der Waals surface area contributed by atoms with Gasteiger partial charge in [0, 0.05) is 13.2 Å². The molecule has 0 aliphatic rings. The molecule has 0 aliphatic carbocycles. The maximum Gasteiger partial charge on any atom is 0.187 e. The van der Waals surface area contributed by atoms with E-state index in [-0.39, 0.29) is 5.78 Å². The number of carbonyl (C=O) groups excluding carboxylic acids is 1. The lowest BCUT2D eigenvalue weighted by Crippen LogP contribution is -2.10. The first-order valence-corrected chi connectivity index (χ1v) is 5.61. The second-order valence-electron chi connectivity index (χ2n) is 4.24. The van der Waals surface area contributed by atoms with Crippen LogP contribution < -0.4 is 0 Å². The fraction of sp³-hybridized carbons (Fsp3) is 0.214. The van der Waals surface area contributed by atoms with Crippen molar-refractivity contribution < 1.29 is 4.79 Å². The standard InChI is InChI=1S/C14H13N3O/c1-10-3-5-11(6-4-10)13(7-15)14(18)12-8-16-17(2)9-12/h3-6,8-9,13H,1-2H3. The summed E-state index contributed by atoms with van der Waals surface area (Å²) < 4.78 is 1.55. The minimum Gasteiger partial charge on any atom is -0.292 e. The van der Waals surface area contributed by atoms with Crippen molar-refractivity contribution in [1.82, 2.24) is 9.78 Å². The first-order chi connectivity index (χ1) is 8.61. The Hall–Kier alpha value is -2.41. The Morgan fingerprint density at radius 1 is 1.39 bits per heavy atom. The van der Waals surface area contributed by atoms with Crippen LogP contribution in [-0.4, -0.2) is 15.6 Å². The molecule has 0 bridgehead atoms. The largest absolute Gasteiger partial charge is 0.292 e. The number of Topliss-reactive ketones (excluding diaryl/α,β-unsaturated/α-hetero) is 1. The van der Waals surface area contributed by atoms with Gasteiger partial charge < -0.3 is 0 Å². The maximum atomic E-state index is 12.2. The molecule has 1 heterocycles. The summed E-state index contributed by atoms with van der Waals surface area (Å²) in [6.07, 6.45) is 3.11. The smallest absolute Gasteiger partial charge is 0.187 e. The summed E-state index contributed by atoms with van der Waals surface area (Å²) in [6.45, 7) is 1.97. The Morgan fingerprint density at radius 3 is 2.56 bits per heavy atom. The monoisotopic (exact) mass is 239 g/mol. The van der Waals surface area contributed by atoms with Crippen LogP contribution in [0.5, 0.6) is 0 Å². The van der Waals surface area contributed by atoms with Gasteiger partial charge in [0.2, 0.25) is 0 Å². The summed E-state index contributed by atoms with van der Waals surface area (Å²) in [6, 6.07) is 9.49. The van der Waals surface area contributed by atoms with Crippen molar-refractivity contribution in [3.63, 3.8) is 0 Å². The average molecular weight is 239 g/mol. The van der Waals surface area contributed by atoms with E-state index in [2.05, 4.69) is 11.2 Å². The minimum atomic E-state index is -0.769. The lowest BCUT2D eigenvalue weighted by Gasteiger charge is -2.07. The molecule has 1 unspecified atom stereocenters. The zero-order valence-corrected chi connectivity index (χ0v) is 10.3. The van der Waals surface area contributed by atoms with Crippen molar-refractivity contribution >= 4 is 5.78 Å². The van der Waals surface area contributed by atoms with E-state index in [1.807, 2.05) is 31.2 Å². The van der Waals surface area contributed by atoms with Crippen LogP contribution in [0.15, 0.2) is 36.7 Å². The number of aromatic nitrogens is 2. The SMILES string of the molecule is Cc1ccc(C(C#N)C(=O)c2cnn(C)c2)cc1. The van der Waals surface area contributed by atoms with Gasteiger partial charge in [0.25, 0.3) is 0 Å². The lowest BCUT2D eigenvalue weighted by molar-refractivity contribution is 0.0979. The fourth-order valence-corrected chi connectivity index (χ4v) is 1.76. The van der Waals surface area contributed by atoms with Gasteiger partial charge in [-0.25, -0.2) is 0 Å². The third-order valence-electron chi connectivity index (χ3n) is 2.79. The molecule has 0 amide bonds. The number of carbonyl (C=O) groups is 1. The second kappa shape index (κ2) is 4.84. The highest BCUT2D eigenvalue weighted by molar-refractivity contribution is 6.02. The van der Waals surface area contributed by atoms with Crippen molar-refractivity contribution in [3.8, 4) is 6.07 Å². The first kappa shape index (κ1) is 12.1. The first-order valence-electron chi connectivity index (χ1n) is 5.61. The van der Waals surface area contributed by atoms with Gasteiger partial charge in [-0.1, -0.05) is 29.8 Å². The molecular weight excluding hydrogens is 226 g/mol. The Morgan fingerprint density at radius 2 is 2.06 bits per heavy atom. The Bertz CT molecular complexity index is 605. The van der Waals surface area contributed by atoms with Gasteiger partial charge in [-0.15, -0.1) is 0 Å². The summed E-state index contributed by atoms with van der Waals surface area (Å²) in [7, 11) is 1.74. The van der Waals surface area contributed by atoms with Gasteiger partial charge >= 0.3 is 0 Å². The van der Waals surface area contributed by atoms with Gasteiger partial charge in [-0.3, -0.25) is 9.48 Å². The molecule has 1 atom stereocenters. The highest BCUT2D eigenvalue weighted by Crippen LogP contribution is 2.20. The third kappa shape index (κ3) is 2.30. The molecule has 4 heteroatoms. The number of nitriles is 1. The molecule has 1 aromatic carbocycles. The maximum absolute atomic E-state index is 12.2. The molecular formula is C14H13N3O. The molecule has 18 heavy (non-hydrogen) atoms. The van der Waals surface area contributed by atoms with Crippen LogP contribution in [-0.2, 0) is 7.05 Å². The fourth-order valence-electron chi connectivity index (χ4n) is 1.76. The predicted octanol–water partition coefficient (Wildman–Crippen LogP) is 2.22. The Balaban J connectivity index is 2.32. The van der Waals surface area contributed by atoms with Crippen molar-refractivity contribution in [1.29, 1.82) is 5.26 Å². The number of benzene rings is 1. The lowest BCUT2D eigenvalue weighted by atomic mass is 9.93. The number of rotatable bonds is 3. The Kier molecular flexibility index (Phi) is 3.24. The number of nitrogens with zero attached hydrogens (tertiary/aromatic N) is 3. The second-order valence-corrected chi connectivity index (χ2v) is 4.24. The van der Waals surface area contributed by atoms with Crippen molar-refractivity contribution in [2.75, 3.05) is 0 Å². The van der Waals surface area contributed by atoms with Crippen LogP contribution in [0.1, 0.15) is 27.4 Å². The van der Waals surface area contributed by atoms with Gasteiger partial charge in [-0.2, -0.15) is 10.4 Å². The van der Waals surface area contributed by atoms with Crippen LogP contribution in [0.2, 0.25) is 0 Å². The summed E-state index contributed by atoms with van der Waals surface area (Å²) in [5, 5.41) is 13.1. The zero-order chi connectivity index (χ0) is 13.1. The van der Waals surface area contributed by atoms with E-state index >= 15 is 0 Å². The molecule has 90 valence electrons. The van der Waals surface area contributed by atoms with E-state index in [0.717, 1.165) is 11.1 Å². The molecule has 0 aliphatic heterocycles. The summed E-state index contributed by atoms with van der Waals surface area (Å²) >= 11 is 0. The quantitative estimate of drug-likeness (QED) is 0.771. The normalized spacial score (nSPS) is 11.8. The van der Waals surface area contributed by atoms with E-state index < -0.39 is 5.92 Å². The van der Waals surface area contributed by atoms with Crippen LogP contribution in [0.3, 0.4) is 0 Å². The minimum absolute atomic E-state index is 0.213. The van der Waals surface area contributed by atoms with E-state index in [1.165, 1.54) is 6.20 Å². The number of hydrogen-bond acceptors (Lipinski definition) is 3. The molecule has 4 nitrogen and oxygen atoms in total. The summed E-state index contributed by atoms with van der Waals surface area (Å²) in [5.41, 5.74) is 2.28. The van der Waals surface area contributed by atoms with Gasteiger partial charge in [-0.05, 0) is 12.5 Å². The molecule has 0 fully saturated rings. The third-order valence-corrected chi connectivity index (χ3v) is 2.79. The molecule has 2 rings (SSSR count). The van der Waals surface area contributed by atoms with E-state index in [4.69, 9.17) is 0 Å². The van der Waals surface area contributed by atoms with E-state index in [1.54, 1.807) is 17.9 Å². The van der Waals surface area contributed by atoms with E-state index in [0.29, 0.717) is 5.56 Å². The van der Waals surface area contributed by atoms with E-state index in [9.17, 15) is 10.1 Å². The van der Waals surface area contributed by atoms with Crippen molar-refractivity contribution in [2.45, 2.75) is 12.8 Å². The molecule has 0 radical (unpaired) electrons. The zero-order valence-electron chi connectivity index (χ0n) is 10.3. The topological polar surface area (TPSA) is 58.7 Å². The summed E-state index contributed by atoms with van der Waals surface area (Å²) in [5.74, 6) is -0.982. The molecule has 0 N–H and O–H groups in total. The summed E-state index contributed by atoms with van der Waals surface area (Å²) in [4.78, 5) is 12.2. The van der Waals surface area contributed by atoms with Crippen LogP contribution in [0.4, 0.5) is 0 Å². The molecule has 2 aromatic rings. The predicted molar refractivity (Wildman–Crippen MR) is 67.1 cm³/mol. The Labute approximate surface area is 105 Å². The highest BCUT2D eigenvalue weighted by Gasteiger charge is 2.22. The average Bonchev–Trinajstić information content (AvgIpc) is 2.79. The van der Waals surface area contributed by atoms with Gasteiger partial charge in [0.1, 0.15) is 5.92 Å². The number of aryl methyl sites for hydroxylation is 2. The van der Waals surface area contributed by atoms with Gasteiger partial charge in [0.05, 0.1) is 17.8 Å². The molecule has 0 saturated carbocycles. The van der Waals surface area contributed by atoms with Crippen LogP contribution in [0, 0.1) is 18.3 Å². The van der Waals surface area contributed by atoms with Crippen LogP contribution in [0.25, 0.3) is 0 Å². The van der Waals surface area contributed by atoms with Crippen molar-refractivity contribution in [2.24, 2.45) is 7.05 Å². The van der Waals surface area contributed by atoms with Gasteiger partial charge in [0.15, 0.2) is 5.78 Å². The molecule has 0 spiro atoms. The highest BCUT2D eigenvalue weighted by atomic mass is 16.1. The molecule has 0 saturated heterocycles. The number of ketones is 1. The van der Waals surface area contributed by atoms with Crippen molar-refractivity contribution in [3.05, 3.63) is 53.3 Å². The van der Waals surface area contributed by atoms with Crippen LogP contribution >= 0.6 is 0 Å². The number of hydrogen-bond donors (Lipinski definition) is 0. The molecule has 1 aromatic heterocycles.